The van der Waals surface area contributed by atoms with E-state index in [1.54, 1.807) is 0 Å². The number of rotatable bonds is 14. The minimum atomic E-state index is -0.419. The molecule has 0 saturated heterocycles. The Morgan fingerprint density at radius 1 is 1.10 bits per heavy atom. The molecule has 0 N–H and O–H groups in total. The first-order valence-electron chi connectivity index (χ1n) is 6.96. The van der Waals surface area contributed by atoms with E-state index in [9.17, 15) is 4.79 Å². The maximum Gasteiger partial charge on any atom is 0.330 e. The van der Waals surface area contributed by atoms with Crippen LogP contribution in [0.1, 0.15) is 25.7 Å². The summed E-state index contributed by atoms with van der Waals surface area (Å²) in [6, 6.07) is 0. The number of aliphatic imine (C=N–C) groups is 2. The molecule has 0 spiro atoms. The topological polar surface area (TPSA) is 60.2 Å². The van der Waals surface area contributed by atoms with E-state index in [1.807, 2.05) is 0 Å². The Kier molecular flexibility index (Phi) is 12.9. The first-order valence-corrected chi connectivity index (χ1v) is 6.96. The predicted octanol–water partition coefficient (Wildman–Crippen LogP) is 2.31. The molecule has 0 aromatic carbocycles. The Balaban J connectivity index is 3.73. The van der Waals surface area contributed by atoms with Crippen LogP contribution in [-0.2, 0) is 14.3 Å². The van der Waals surface area contributed by atoms with Gasteiger partial charge >= 0.3 is 5.97 Å². The number of carbonyl (C=O) groups is 1. The van der Waals surface area contributed by atoms with Gasteiger partial charge in [-0.2, -0.15) is 0 Å². The second-order valence-corrected chi connectivity index (χ2v) is 4.49. The van der Waals surface area contributed by atoms with Crippen molar-refractivity contribution < 1.29 is 14.3 Å². The minimum Gasteiger partial charge on any atom is -0.460 e. The van der Waals surface area contributed by atoms with E-state index in [-0.39, 0.29) is 6.61 Å². The molecule has 0 aliphatic rings. The lowest BCUT2D eigenvalue weighted by molar-refractivity contribution is -0.139. The molecule has 0 fully saturated rings. The van der Waals surface area contributed by atoms with Crippen LogP contribution >= 0.6 is 0 Å². The Morgan fingerprint density at radius 3 is 2.50 bits per heavy atom. The van der Waals surface area contributed by atoms with Crippen LogP contribution in [0.5, 0.6) is 0 Å². The van der Waals surface area contributed by atoms with Crippen molar-refractivity contribution in [2.24, 2.45) is 15.9 Å². The molecule has 1 atom stereocenters. The van der Waals surface area contributed by atoms with E-state index >= 15 is 0 Å². The van der Waals surface area contributed by atoms with Gasteiger partial charge in [0, 0.05) is 25.8 Å². The van der Waals surface area contributed by atoms with Gasteiger partial charge in [0.2, 0.25) is 0 Å². The van der Waals surface area contributed by atoms with Crippen molar-refractivity contribution in [1.29, 1.82) is 0 Å². The average molecular weight is 282 g/mol. The second-order valence-electron chi connectivity index (χ2n) is 4.49. The van der Waals surface area contributed by atoms with Crippen LogP contribution in [-0.4, -0.2) is 52.3 Å². The average Bonchev–Trinajstić information content (AvgIpc) is 2.47. The third kappa shape index (κ3) is 11.6. The van der Waals surface area contributed by atoms with Gasteiger partial charge in [0.15, 0.2) is 0 Å². The molecule has 5 nitrogen and oxygen atoms in total. The summed E-state index contributed by atoms with van der Waals surface area (Å²) < 4.78 is 10.4. The van der Waals surface area contributed by atoms with E-state index < -0.39 is 5.97 Å². The highest BCUT2D eigenvalue weighted by Gasteiger charge is 2.08. The van der Waals surface area contributed by atoms with E-state index in [0.717, 1.165) is 44.8 Å². The van der Waals surface area contributed by atoms with Gasteiger partial charge < -0.3 is 19.5 Å². The molecule has 0 radical (unpaired) electrons. The number of carbonyl (C=O) groups excluding carboxylic acids is 1. The molecule has 0 heterocycles. The fourth-order valence-electron chi connectivity index (χ4n) is 1.75. The molecule has 20 heavy (non-hydrogen) atoms. The standard InChI is InChI=1S/C15H26N2O3/c1-4-15(18)20-12-11-19-13-14(8-10-17-3)7-5-6-9-16-2/h4,14H,1-3,5-13H2. The summed E-state index contributed by atoms with van der Waals surface area (Å²) in [5.41, 5.74) is 0. The summed E-state index contributed by atoms with van der Waals surface area (Å²) in [5, 5.41) is 0. The molecular formula is C15H26N2O3. The van der Waals surface area contributed by atoms with E-state index in [0.29, 0.717) is 19.1 Å². The van der Waals surface area contributed by atoms with Gasteiger partial charge in [-0.05, 0) is 38.6 Å². The zero-order valence-electron chi connectivity index (χ0n) is 12.3. The molecule has 0 aliphatic heterocycles. The molecule has 0 aromatic heterocycles. The van der Waals surface area contributed by atoms with E-state index in [2.05, 4.69) is 30.0 Å². The third-order valence-corrected chi connectivity index (χ3v) is 2.87. The molecule has 0 saturated carbocycles. The van der Waals surface area contributed by atoms with Crippen LogP contribution in [0.15, 0.2) is 22.6 Å². The number of unbranched alkanes of at least 4 members (excludes halogenated alkanes) is 1. The maximum absolute atomic E-state index is 10.8. The first kappa shape index (κ1) is 18.5. The fourth-order valence-corrected chi connectivity index (χ4v) is 1.75. The van der Waals surface area contributed by atoms with Gasteiger partial charge in [-0.25, -0.2) is 4.79 Å². The van der Waals surface area contributed by atoms with Crippen LogP contribution in [0.3, 0.4) is 0 Å². The summed E-state index contributed by atoms with van der Waals surface area (Å²) in [6.07, 6.45) is 5.36. The van der Waals surface area contributed by atoms with Crippen molar-refractivity contribution in [1.82, 2.24) is 0 Å². The van der Waals surface area contributed by atoms with Gasteiger partial charge in [-0.15, -0.1) is 0 Å². The van der Waals surface area contributed by atoms with Crippen LogP contribution in [0.2, 0.25) is 0 Å². The minimum absolute atomic E-state index is 0.262. The van der Waals surface area contributed by atoms with Crippen LogP contribution in [0, 0.1) is 5.92 Å². The molecule has 0 bridgehead atoms. The van der Waals surface area contributed by atoms with Crippen LogP contribution in [0.4, 0.5) is 0 Å². The van der Waals surface area contributed by atoms with E-state index in [4.69, 9.17) is 9.47 Å². The lowest BCUT2D eigenvalue weighted by atomic mass is 9.99. The monoisotopic (exact) mass is 282 g/mol. The summed E-state index contributed by atoms with van der Waals surface area (Å²) in [5.74, 6) is 0.0401. The van der Waals surface area contributed by atoms with Crippen molar-refractivity contribution >= 4 is 19.4 Å². The summed E-state index contributed by atoms with van der Waals surface area (Å²) >= 11 is 0. The first-order chi connectivity index (χ1) is 9.74. The van der Waals surface area contributed by atoms with Crippen LogP contribution < -0.4 is 0 Å². The number of ether oxygens (including phenoxy) is 2. The molecule has 0 aromatic rings. The highest BCUT2D eigenvalue weighted by Crippen LogP contribution is 2.13. The van der Waals surface area contributed by atoms with Crippen molar-refractivity contribution in [3.05, 3.63) is 12.7 Å². The Bertz CT molecular complexity index is 293. The summed E-state index contributed by atoms with van der Waals surface area (Å²) in [4.78, 5) is 18.5. The highest BCUT2D eigenvalue weighted by atomic mass is 16.6. The van der Waals surface area contributed by atoms with Crippen molar-refractivity contribution in [3.63, 3.8) is 0 Å². The zero-order chi connectivity index (χ0) is 15.1. The number of esters is 1. The Morgan fingerprint density at radius 2 is 1.85 bits per heavy atom. The SMILES string of the molecule is C=CC(=O)OCCOCC(CCCCN=C)CCN=C. The zero-order valence-corrected chi connectivity index (χ0v) is 12.3. The summed E-state index contributed by atoms with van der Waals surface area (Å²) in [7, 11) is 0. The highest BCUT2D eigenvalue weighted by molar-refractivity contribution is 5.81. The Hall–Kier alpha value is -1.49. The summed E-state index contributed by atoms with van der Waals surface area (Å²) in [6.45, 7) is 13.2. The molecule has 5 heteroatoms. The largest absolute Gasteiger partial charge is 0.460 e. The number of nitrogens with zero attached hydrogens (tertiary/aromatic N) is 2. The lowest BCUT2D eigenvalue weighted by Gasteiger charge is -2.16. The van der Waals surface area contributed by atoms with Crippen molar-refractivity contribution in [2.75, 3.05) is 32.9 Å². The van der Waals surface area contributed by atoms with Gasteiger partial charge in [-0.3, -0.25) is 0 Å². The fraction of sp³-hybridized carbons (Fsp3) is 0.667. The molecule has 1 unspecified atom stereocenters. The lowest BCUT2D eigenvalue weighted by Crippen LogP contribution is -2.15. The second kappa shape index (κ2) is 13.9. The van der Waals surface area contributed by atoms with Crippen molar-refractivity contribution in [2.45, 2.75) is 25.7 Å². The molecule has 114 valence electrons. The maximum atomic E-state index is 10.8. The molecule has 0 amide bonds. The van der Waals surface area contributed by atoms with Gasteiger partial charge in [0.25, 0.3) is 0 Å². The quantitative estimate of drug-likeness (QED) is 0.212. The van der Waals surface area contributed by atoms with Gasteiger partial charge in [-0.1, -0.05) is 13.0 Å². The Labute approximate surface area is 121 Å². The molecular weight excluding hydrogens is 256 g/mol. The number of hydrogen-bond donors (Lipinski definition) is 0. The van der Waals surface area contributed by atoms with Crippen LogP contribution in [0.25, 0.3) is 0 Å². The number of hydrogen-bond acceptors (Lipinski definition) is 5. The van der Waals surface area contributed by atoms with Gasteiger partial charge in [0.05, 0.1) is 6.61 Å². The van der Waals surface area contributed by atoms with Gasteiger partial charge in [0.1, 0.15) is 6.61 Å². The molecule has 0 aliphatic carbocycles. The predicted molar refractivity (Wildman–Crippen MR) is 82.8 cm³/mol. The normalized spacial score (nSPS) is 11.6. The molecule has 0 rings (SSSR count). The van der Waals surface area contributed by atoms with Crippen molar-refractivity contribution in [3.8, 4) is 0 Å². The van der Waals surface area contributed by atoms with E-state index in [1.165, 1.54) is 0 Å². The smallest absolute Gasteiger partial charge is 0.330 e. The third-order valence-electron chi connectivity index (χ3n) is 2.87.